The van der Waals surface area contributed by atoms with Crippen LogP contribution in [0.25, 0.3) is 0 Å². The number of hydrogen-bond acceptors (Lipinski definition) is 6. The van der Waals surface area contributed by atoms with Gasteiger partial charge in [0.05, 0.1) is 30.4 Å². The number of benzene rings is 2. The molecule has 1 amide bonds. The zero-order chi connectivity index (χ0) is 20.2. The summed E-state index contributed by atoms with van der Waals surface area (Å²) < 4.78 is 47.8. The van der Waals surface area contributed by atoms with E-state index in [2.05, 4.69) is 10.1 Å². The molecule has 0 spiro atoms. The van der Waals surface area contributed by atoms with Crippen LogP contribution < -0.4 is 10.1 Å². The van der Waals surface area contributed by atoms with Crippen molar-refractivity contribution in [1.82, 2.24) is 0 Å². The highest BCUT2D eigenvalue weighted by molar-refractivity contribution is 7.92. The summed E-state index contributed by atoms with van der Waals surface area (Å²) in [7, 11) is -1.46. The predicted octanol–water partition coefficient (Wildman–Crippen LogP) is 2.42. The largest absolute Gasteiger partial charge is 0.497 e. The number of carbonyl (C=O) groups is 2. The zero-order valence-corrected chi connectivity index (χ0v) is 15.7. The number of ether oxygens (including phenoxy) is 2. The van der Waals surface area contributed by atoms with Crippen molar-refractivity contribution in [3.05, 3.63) is 53.8 Å². The first kappa shape index (κ1) is 20.4. The van der Waals surface area contributed by atoms with Crippen LogP contribution in [0.15, 0.2) is 47.4 Å². The summed E-state index contributed by atoms with van der Waals surface area (Å²) in [5, 5.41) is 0.939. The van der Waals surface area contributed by atoms with Gasteiger partial charge in [-0.15, -0.1) is 0 Å². The van der Waals surface area contributed by atoms with Crippen molar-refractivity contribution in [2.45, 2.75) is 17.1 Å². The monoisotopic (exact) mass is 395 g/mol. The van der Waals surface area contributed by atoms with Crippen LogP contribution in [0, 0.1) is 5.82 Å². The molecule has 1 N–H and O–H groups in total. The van der Waals surface area contributed by atoms with Crippen molar-refractivity contribution in [1.29, 1.82) is 0 Å². The lowest BCUT2D eigenvalue weighted by atomic mass is 10.1. The Balaban J connectivity index is 2.31. The molecule has 0 heterocycles. The van der Waals surface area contributed by atoms with Gasteiger partial charge in [-0.3, -0.25) is 4.79 Å². The van der Waals surface area contributed by atoms with Crippen molar-refractivity contribution in [3.63, 3.8) is 0 Å². The second-order valence-corrected chi connectivity index (χ2v) is 7.80. The second-order valence-electron chi connectivity index (χ2n) is 5.53. The van der Waals surface area contributed by atoms with E-state index < -0.39 is 32.8 Å². The number of rotatable bonds is 6. The highest BCUT2D eigenvalue weighted by atomic mass is 32.2. The van der Waals surface area contributed by atoms with Crippen molar-refractivity contribution >= 4 is 27.4 Å². The van der Waals surface area contributed by atoms with Gasteiger partial charge >= 0.3 is 5.97 Å². The van der Waals surface area contributed by atoms with Crippen LogP contribution in [0.4, 0.5) is 10.1 Å². The van der Waals surface area contributed by atoms with Crippen molar-refractivity contribution < 1.29 is 31.9 Å². The molecule has 0 radical (unpaired) electrons. The first-order chi connectivity index (χ1) is 12.7. The summed E-state index contributed by atoms with van der Waals surface area (Å²) in [6.07, 6.45) is 0. The van der Waals surface area contributed by atoms with E-state index in [0.717, 1.165) is 24.3 Å². The van der Waals surface area contributed by atoms with E-state index >= 15 is 0 Å². The van der Waals surface area contributed by atoms with E-state index in [1.54, 1.807) is 0 Å². The van der Waals surface area contributed by atoms with Crippen LogP contribution in [-0.2, 0) is 19.4 Å². The third-order valence-corrected chi connectivity index (χ3v) is 5.94. The average Bonchev–Trinajstić information content (AvgIpc) is 2.67. The van der Waals surface area contributed by atoms with E-state index in [1.165, 1.54) is 39.3 Å². The Kier molecular flexibility index (Phi) is 6.17. The molecule has 0 fully saturated rings. The number of esters is 1. The molecule has 2 aromatic rings. The minimum atomic E-state index is -4.05. The summed E-state index contributed by atoms with van der Waals surface area (Å²) in [4.78, 5) is 24.2. The second kappa shape index (κ2) is 8.17. The van der Waals surface area contributed by atoms with Gasteiger partial charge in [-0.2, -0.15) is 0 Å². The van der Waals surface area contributed by atoms with Crippen molar-refractivity contribution in [2.75, 3.05) is 19.5 Å². The van der Waals surface area contributed by atoms with Gasteiger partial charge in [-0.05, 0) is 49.4 Å². The first-order valence-corrected chi connectivity index (χ1v) is 9.32. The Labute approximate surface area is 156 Å². The molecule has 1 atom stereocenters. The highest BCUT2D eigenvalue weighted by Crippen LogP contribution is 2.24. The SMILES string of the molecule is COC(=O)c1cc(OC)ccc1NC(=O)C(C)S(=O)(=O)c1ccc(F)cc1. The summed E-state index contributed by atoms with van der Waals surface area (Å²) in [5.41, 5.74) is 0.0883. The number of halogens is 1. The highest BCUT2D eigenvalue weighted by Gasteiger charge is 2.30. The lowest BCUT2D eigenvalue weighted by molar-refractivity contribution is -0.115. The molecule has 2 aromatic carbocycles. The molecular weight excluding hydrogens is 377 g/mol. The van der Waals surface area contributed by atoms with Crippen LogP contribution in [0.3, 0.4) is 0 Å². The van der Waals surface area contributed by atoms with Crippen molar-refractivity contribution in [3.8, 4) is 5.75 Å². The summed E-state index contributed by atoms with van der Waals surface area (Å²) in [5.74, 6) is -1.81. The lowest BCUT2D eigenvalue weighted by Crippen LogP contribution is -2.33. The number of nitrogens with one attached hydrogen (secondary N) is 1. The Morgan fingerprint density at radius 3 is 2.26 bits per heavy atom. The summed E-state index contributed by atoms with van der Waals surface area (Å²) >= 11 is 0. The predicted molar refractivity (Wildman–Crippen MR) is 96.0 cm³/mol. The van der Waals surface area contributed by atoms with E-state index in [0.29, 0.717) is 5.75 Å². The van der Waals surface area contributed by atoms with Crippen LogP contribution >= 0.6 is 0 Å². The van der Waals surface area contributed by atoms with Gasteiger partial charge in [0.1, 0.15) is 16.8 Å². The third kappa shape index (κ3) is 4.43. The first-order valence-electron chi connectivity index (χ1n) is 7.77. The normalized spacial score (nSPS) is 12.1. The molecule has 7 nitrogen and oxygen atoms in total. The quantitative estimate of drug-likeness (QED) is 0.596. The Morgan fingerprint density at radius 2 is 1.70 bits per heavy atom. The molecule has 1 unspecified atom stereocenters. The minimum absolute atomic E-state index is 0.0107. The summed E-state index contributed by atoms with van der Waals surface area (Å²) in [6.45, 7) is 1.20. The maximum atomic E-state index is 13.0. The molecule has 0 aliphatic carbocycles. The van der Waals surface area contributed by atoms with Gasteiger partial charge < -0.3 is 14.8 Å². The lowest BCUT2D eigenvalue weighted by Gasteiger charge is -2.15. The van der Waals surface area contributed by atoms with Gasteiger partial charge in [0.2, 0.25) is 5.91 Å². The molecule has 0 saturated carbocycles. The summed E-state index contributed by atoms with van der Waals surface area (Å²) in [6, 6.07) is 8.43. The molecule has 9 heteroatoms. The fraction of sp³-hybridized carbons (Fsp3) is 0.222. The number of methoxy groups -OCH3 is 2. The molecule has 27 heavy (non-hydrogen) atoms. The molecule has 144 valence electrons. The van der Waals surface area contributed by atoms with Gasteiger partial charge in [0, 0.05) is 0 Å². The van der Waals surface area contributed by atoms with Crippen LogP contribution in [0.5, 0.6) is 5.75 Å². The van der Waals surface area contributed by atoms with Crippen molar-refractivity contribution in [2.24, 2.45) is 0 Å². The number of carbonyl (C=O) groups excluding carboxylic acids is 2. The average molecular weight is 395 g/mol. The maximum Gasteiger partial charge on any atom is 0.340 e. The van der Waals surface area contributed by atoms with Gasteiger partial charge in [0.15, 0.2) is 9.84 Å². The zero-order valence-electron chi connectivity index (χ0n) is 14.9. The fourth-order valence-corrected chi connectivity index (χ4v) is 3.51. The standard InChI is InChI=1S/C18H18FNO6S/c1-11(27(23,24)14-7-4-12(19)5-8-14)17(21)20-16-9-6-13(25-2)10-15(16)18(22)26-3/h4-11H,1-3H3,(H,20,21). The molecule has 0 aliphatic heterocycles. The van der Waals surface area contributed by atoms with E-state index in [4.69, 9.17) is 4.74 Å². The molecular formula is C18H18FNO6S. The Morgan fingerprint density at radius 1 is 1.07 bits per heavy atom. The topological polar surface area (TPSA) is 98.8 Å². The number of sulfone groups is 1. The molecule has 0 saturated heterocycles. The molecule has 0 aliphatic rings. The Bertz CT molecular complexity index is 956. The minimum Gasteiger partial charge on any atom is -0.497 e. The molecule has 0 bridgehead atoms. The van der Waals surface area contributed by atoms with Crippen LogP contribution in [0.1, 0.15) is 17.3 Å². The number of hydrogen-bond donors (Lipinski definition) is 1. The van der Waals surface area contributed by atoms with Crippen LogP contribution in [-0.4, -0.2) is 39.8 Å². The van der Waals surface area contributed by atoms with Gasteiger partial charge in [0.25, 0.3) is 0 Å². The van der Waals surface area contributed by atoms with E-state index in [-0.39, 0.29) is 16.1 Å². The number of amides is 1. The fourth-order valence-electron chi connectivity index (χ4n) is 2.24. The third-order valence-electron chi connectivity index (χ3n) is 3.87. The van der Waals surface area contributed by atoms with Gasteiger partial charge in [-0.25, -0.2) is 17.6 Å². The molecule has 2 rings (SSSR count). The smallest absolute Gasteiger partial charge is 0.340 e. The van der Waals surface area contributed by atoms with E-state index in [1.807, 2.05) is 0 Å². The number of anilines is 1. The molecule has 0 aromatic heterocycles. The Hall–Kier alpha value is -2.94. The van der Waals surface area contributed by atoms with Gasteiger partial charge in [-0.1, -0.05) is 0 Å². The maximum absolute atomic E-state index is 13.0. The van der Waals surface area contributed by atoms with Crippen LogP contribution in [0.2, 0.25) is 0 Å². The van der Waals surface area contributed by atoms with E-state index in [9.17, 15) is 22.4 Å².